The van der Waals surface area contributed by atoms with Gasteiger partial charge in [0.1, 0.15) is 11.9 Å². The molecular formula is C16H15FN2O. The lowest BCUT2D eigenvalue weighted by atomic mass is 10.1. The van der Waals surface area contributed by atoms with Crippen molar-refractivity contribution in [2.45, 2.75) is 19.9 Å². The second kappa shape index (κ2) is 4.63. The molecule has 1 aliphatic rings. The Balaban J connectivity index is 1.95. The number of rotatable bonds is 2. The van der Waals surface area contributed by atoms with E-state index in [2.05, 4.69) is 10.6 Å². The molecule has 0 bridgehead atoms. The van der Waals surface area contributed by atoms with Gasteiger partial charge in [0.15, 0.2) is 0 Å². The first kappa shape index (κ1) is 12.7. The van der Waals surface area contributed by atoms with Crippen molar-refractivity contribution in [1.29, 1.82) is 0 Å². The van der Waals surface area contributed by atoms with Crippen molar-refractivity contribution < 1.29 is 9.18 Å². The van der Waals surface area contributed by atoms with Gasteiger partial charge in [-0.1, -0.05) is 17.7 Å². The van der Waals surface area contributed by atoms with E-state index in [0.717, 1.165) is 16.8 Å². The molecular weight excluding hydrogens is 255 g/mol. The first-order valence-corrected chi connectivity index (χ1v) is 6.49. The molecule has 1 heterocycles. The molecule has 4 heteroatoms. The lowest BCUT2D eigenvalue weighted by Gasteiger charge is -2.15. The largest absolute Gasteiger partial charge is 0.370 e. The summed E-state index contributed by atoms with van der Waals surface area (Å²) in [4.78, 5) is 12.0. The van der Waals surface area contributed by atoms with Crippen LogP contribution < -0.4 is 10.6 Å². The summed E-state index contributed by atoms with van der Waals surface area (Å²) in [6.07, 6.45) is 0. The van der Waals surface area contributed by atoms with Crippen LogP contribution in [0.3, 0.4) is 0 Å². The van der Waals surface area contributed by atoms with E-state index in [9.17, 15) is 9.18 Å². The van der Waals surface area contributed by atoms with Gasteiger partial charge in [0.2, 0.25) is 0 Å². The molecule has 2 N–H and O–H groups in total. The molecule has 0 radical (unpaired) electrons. The fourth-order valence-electron chi connectivity index (χ4n) is 2.51. The topological polar surface area (TPSA) is 41.1 Å². The summed E-state index contributed by atoms with van der Waals surface area (Å²) in [5.41, 5.74) is 4.42. The number of hydrogen-bond donors (Lipinski definition) is 2. The molecule has 0 saturated heterocycles. The smallest absolute Gasteiger partial charge is 0.251 e. The number of hydrogen-bond acceptors (Lipinski definition) is 2. The Morgan fingerprint density at radius 2 is 1.95 bits per heavy atom. The molecule has 0 fully saturated rings. The third-order valence-electron chi connectivity index (χ3n) is 3.53. The van der Waals surface area contributed by atoms with Crippen LogP contribution in [0.15, 0.2) is 36.4 Å². The third kappa shape index (κ3) is 2.13. The number of benzene rings is 2. The van der Waals surface area contributed by atoms with Gasteiger partial charge in [0.25, 0.3) is 5.91 Å². The van der Waals surface area contributed by atoms with E-state index in [1.807, 2.05) is 32.0 Å². The number of carbonyl (C=O) groups excluding carboxylic acids is 1. The van der Waals surface area contributed by atoms with Crippen LogP contribution in [0.4, 0.5) is 15.8 Å². The minimum Gasteiger partial charge on any atom is -0.370 e. The zero-order valence-electron chi connectivity index (χ0n) is 11.3. The summed E-state index contributed by atoms with van der Waals surface area (Å²) in [5.74, 6) is -0.502. The fraction of sp³-hybridized carbons (Fsp3) is 0.188. The number of anilines is 2. The molecule has 1 amide bonds. The van der Waals surface area contributed by atoms with Crippen molar-refractivity contribution in [3.63, 3.8) is 0 Å². The zero-order valence-corrected chi connectivity index (χ0v) is 11.3. The SMILES string of the molecule is Cc1ccc(NC2C(=O)Nc3ccc(F)cc32)c(C)c1. The number of amides is 1. The second-order valence-corrected chi connectivity index (χ2v) is 5.12. The van der Waals surface area contributed by atoms with Gasteiger partial charge in [-0.2, -0.15) is 0 Å². The van der Waals surface area contributed by atoms with Gasteiger partial charge in [-0.25, -0.2) is 4.39 Å². The lowest BCUT2D eigenvalue weighted by molar-refractivity contribution is -0.116. The summed E-state index contributed by atoms with van der Waals surface area (Å²) < 4.78 is 13.4. The van der Waals surface area contributed by atoms with Gasteiger partial charge in [-0.05, 0) is 43.7 Å². The third-order valence-corrected chi connectivity index (χ3v) is 3.53. The molecule has 2 aromatic carbocycles. The molecule has 0 saturated carbocycles. The van der Waals surface area contributed by atoms with E-state index < -0.39 is 6.04 Å². The Kier molecular flexibility index (Phi) is 2.93. The number of carbonyl (C=O) groups is 1. The molecule has 0 aliphatic carbocycles. The van der Waals surface area contributed by atoms with Crippen LogP contribution in [0.25, 0.3) is 0 Å². The maximum Gasteiger partial charge on any atom is 0.251 e. The van der Waals surface area contributed by atoms with Gasteiger partial charge in [-0.3, -0.25) is 4.79 Å². The number of fused-ring (bicyclic) bond motifs is 1. The Morgan fingerprint density at radius 1 is 1.15 bits per heavy atom. The molecule has 3 nitrogen and oxygen atoms in total. The van der Waals surface area contributed by atoms with E-state index in [1.54, 1.807) is 6.07 Å². The Morgan fingerprint density at radius 3 is 2.70 bits per heavy atom. The van der Waals surface area contributed by atoms with Crippen molar-refractivity contribution in [3.8, 4) is 0 Å². The quantitative estimate of drug-likeness (QED) is 0.876. The van der Waals surface area contributed by atoms with Crippen LogP contribution in [0.2, 0.25) is 0 Å². The Bertz CT molecular complexity index is 697. The van der Waals surface area contributed by atoms with Crippen LogP contribution in [-0.2, 0) is 4.79 Å². The molecule has 0 spiro atoms. The van der Waals surface area contributed by atoms with Gasteiger partial charge < -0.3 is 10.6 Å². The Labute approximate surface area is 116 Å². The van der Waals surface area contributed by atoms with Crippen molar-refractivity contribution in [1.82, 2.24) is 0 Å². The molecule has 0 aromatic heterocycles. The highest BCUT2D eigenvalue weighted by atomic mass is 19.1. The molecule has 1 aliphatic heterocycles. The van der Waals surface area contributed by atoms with E-state index in [4.69, 9.17) is 0 Å². The zero-order chi connectivity index (χ0) is 14.3. The van der Waals surface area contributed by atoms with Gasteiger partial charge in [-0.15, -0.1) is 0 Å². The summed E-state index contributed by atoms with van der Waals surface area (Å²) in [5, 5.41) is 5.95. The first-order valence-electron chi connectivity index (χ1n) is 6.49. The summed E-state index contributed by atoms with van der Waals surface area (Å²) in [6.45, 7) is 4.00. The molecule has 3 rings (SSSR count). The monoisotopic (exact) mass is 270 g/mol. The van der Waals surface area contributed by atoms with Crippen molar-refractivity contribution in [2.75, 3.05) is 10.6 Å². The summed E-state index contributed by atoms with van der Waals surface area (Å²) in [7, 11) is 0. The van der Waals surface area contributed by atoms with Crippen molar-refractivity contribution in [3.05, 3.63) is 58.9 Å². The summed E-state index contributed by atoms with van der Waals surface area (Å²) >= 11 is 0. The minimum absolute atomic E-state index is 0.162. The second-order valence-electron chi connectivity index (χ2n) is 5.12. The van der Waals surface area contributed by atoms with E-state index in [1.165, 1.54) is 12.1 Å². The fourth-order valence-corrected chi connectivity index (χ4v) is 2.51. The standard InChI is InChI=1S/C16H15FN2O/c1-9-3-5-13(10(2)7-9)18-15-12-8-11(17)4-6-14(12)19-16(15)20/h3-8,15,18H,1-2H3,(H,19,20). The highest BCUT2D eigenvalue weighted by molar-refractivity contribution is 6.04. The normalized spacial score (nSPS) is 16.8. The van der Waals surface area contributed by atoms with Crippen LogP contribution in [0, 0.1) is 19.7 Å². The van der Waals surface area contributed by atoms with E-state index in [0.29, 0.717) is 11.3 Å². The van der Waals surface area contributed by atoms with Crippen LogP contribution in [0.5, 0.6) is 0 Å². The van der Waals surface area contributed by atoms with E-state index in [-0.39, 0.29) is 11.7 Å². The molecule has 20 heavy (non-hydrogen) atoms. The Hall–Kier alpha value is -2.36. The predicted molar refractivity (Wildman–Crippen MR) is 77.3 cm³/mol. The van der Waals surface area contributed by atoms with Crippen molar-refractivity contribution >= 4 is 17.3 Å². The number of aryl methyl sites for hydroxylation is 2. The highest BCUT2D eigenvalue weighted by Crippen LogP contribution is 2.34. The van der Waals surface area contributed by atoms with Crippen LogP contribution in [-0.4, -0.2) is 5.91 Å². The van der Waals surface area contributed by atoms with Gasteiger partial charge in [0.05, 0.1) is 0 Å². The predicted octanol–water partition coefficient (Wildman–Crippen LogP) is 3.55. The molecule has 2 aromatic rings. The average Bonchev–Trinajstić information content (AvgIpc) is 2.69. The number of halogens is 1. The summed E-state index contributed by atoms with van der Waals surface area (Å²) in [6, 6.07) is 9.74. The minimum atomic E-state index is -0.554. The first-order chi connectivity index (χ1) is 9.54. The molecule has 1 unspecified atom stereocenters. The lowest BCUT2D eigenvalue weighted by Crippen LogP contribution is -2.20. The molecule has 1 atom stereocenters. The average molecular weight is 270 g/mol. The molecule has 102 valence electrons. The highest BCUT2D eigenvalue weighted by Gasteiger charge is 2.31. The van der Waals surface area contributed by atoms with Gasteiger partial charge in [0, 0.05) is 16.9 Å². The number of nitrogens with one attached hydrogen (secondary N) is 2. The van der Waals surface area contributed by atoms with Gasteiger partial charge >= 0.3 is 0 Å². The van der Waals surface area contributed by atoms with E-state index >= 15 is 0 Å². The maximum absolute atomic E-state index is 13.4. The van der Waals surface area contributed by atoms with Crippen LogP contribution in [0.1, 0.15) is 22.7 Å². The van der Waals surface area contributed by atoms with Crippen molar-refractivity contribution in [2.24, 2.45) is 0 Å². The maximum atomic E-state index is 13.4. The van der Waals surface area contributed by atoms with Crippen LogP contribution >= 0.6 is 0 Å².